The highest BCUT2D eigenvalue weighted by Crippen LogP contribution is 2.39. The van der Waals surface area contributed by atoms with Gasteiger partial charge in [0.1, 0.15) is 0 Å². The highest BCUT2D eigenvalue weighted by atomic mass is 19.4. The lowest BCUT2D eigenvalue weighted by atomic mass is 9.74. The summed E-state index contributed by atoms with van der Waals surface area (Å²) in [6.07, 6.45) is -1.18. The summed E-state index contributed by atoms with van der Waals surface area (Å²) in [5.74, 6) is -0.639. The van der Waals surface area contributed by atoms with Gasteiger partial charge in [0.15, 0.2) is 0 Å². The number of hydrogen-bond acceptors (Lipinski definition) is 3. The molecule has 1 aromatic carbocycles. The van der Waals surface area contributed by atoms with Crippen molar-refractivity contribution in [1.29, 1.82) is 0 Å². The van der Waals surface area contributed by atoms with E-state index in [1.807, 2.05) is 34.6 Å². The van der Waals surface area contributed by atoms with Crippen molar-refractivity contribution in [3.63, 3.8) is 0 Å². The van der Waals surface area contributed by atoms with Crippen LogP contribution < -0.4 is 5.32 Å². The van der Waals surface area contributed by atoms with E-state index in [0.717, 1.165) is 17.7 Å². The van der Waals surface area contributed by atoms with Crippen LogP contribution in [0.4, 0.5) is 13.2 Å². The van der Waals surface area contributed by atoms with Gasteiger partial charge in [0.05, 0.1) is 16.8 Å². The smallest absolute Gasteiger partial charge is 0.399 e. The number of alkyl halides is 3. The molecule has 0 aromatic heterocycles. The third kappa shape index (κ3) is 5.23. The standard InChI is InChI=1S/C22H27BF3NO3/c1-8-14(2)18(23-29-20(4,5)21(6,7)30-23)12-15(3)27-19(28)16-10-9-11-17(13-16)22(24,25)26/h8-13H,1H2,2-7H3,(H,27,28)/b15-12+,18-14+. The molecule has 0 bridgehead atoms. The number of carbonyl (C=O) groups is 1. The number of benzene rings is 1. The lowest BCUT2D eigenvalue weighted by molar-refractivity contribution is -0.137. The van der Waals surface area contributed by atoms with Crippen molar-refractivity contribution in [3.05, 3.63) is 70.9 Å². The summed E-state index contributed by atoms with van der Waals surface area (Å²) in [5, 5.41) is 2.62. The second-order valence-electron chi connectivity index (χ2n) is 8.29. The first-order chi connectivity index (χ1) is 13.7. The van der Waals surface area contributed by atoms with Crippen LogP contribution in [0.5, 0.6) is 0 Å². The van der Waals surface area contributed by atoms with Crippen LogP contribution >= 0.6 is 0 Å². The normalized spacial score (nSPS) is 19.4. The number of carbonyl (C=O) groups excluding carboxylic acids is 1. The summed E-state index contributed by atoms with van der Waals surface area (Å²) in [6, 6.07) is 4.28. The number of nitrogens with one attached hydrogen (secondary N) is 1. The SMILES string of the molecule is C=C/C(C)=C(\C=C(/C)NC(=O)c1cccc(C(F)(F)F)c1)B1OC(C)(C)C(C)(C)O1. The van der Waals surface area contributed by atoms with Crippen molar-refractivity contribution in [1.82, 2.24) is 5.32 Å². The van der Waals surface area contributed by atoms with Crippen LogP contribution in [0.3, 0.4) is 0 Å². The Morgan fingerprint density at radius 1 is 1.13 bits per heavy atom. The third-order valence-corrected chi connectivity index (χ3v) is 5.40. The summed E-state index contributed by atoms with van der Waals surface area (Å²) in [5.41, 5.74) is -0.160. The third-order valence-electron chi connectivity index (χ3n) is 5.40. The lowest BCUT2D eigenvalue weighted by Crippen LogP contribution is -2.41. The van der Waals surface area contributed by atoms with Gasteiger partial charge in [-0.25, -0.2) is 0 Å². The van der Waals surface area contributed by atoms with E-state index >= 15 is 0 Å². The first kappa shape index (κ1) is 24.0. The van der Waals surface area contributed by atoms with Crippen LogP contribution in [0.15, 0.2) is 59.7 Å². The quantitative estimate of drug-likeness (QED) is 0.507. The molecule has 1 aliphatic heterocycles. The zero-order chi connectivity index (χ0) is 22.9. The minimum absolute atomic E-state index is 0.0841. The van der Waals surface area contributed by atoms with Crippen molar-refractivity contribution in [2.45, 2.75) is 58.9 Å². The van der Waals surface area contributed by atoms with Gasteiger partial charge in [-0.15, -0.1) is 0 Å². The van der Waals surface area contributed by atoms with Gasteiger partial charge in [-0.3, -0.25) is 4.79 Å². The Balaban J connectivity index is 2.27. The molecule has 8 heteroatoms. The number of amides is 1. The van der Waals surface area contributed by atoms with Crippen molar-refractivity contribution in [2.24, 2.45) is 0 Å². The molecule has 1 N–H and O–H groups in total. The van der Waals surface area contributed by atoms with Gasteiger partial charge in [0.2, 0.25) is 0 Å². The molecule has 162 valence electrons. The van der Waals surface area contributed by atoms with Crippen molar-refractivity contribution >= 4 is 13.0 Å². The van der Waals surface area contributed by atoms with Gasteiger partial charge in [0.25, 0.3) is 5.91 Å². The molecule has 0 atom stereocenters. The van der Waals surface area contributed by atoms with Crippen LogP contribution in [-0.4, -0.2) is 24.2 Å². The fourth-order valence-corrected chi connectivity index (χ4v) is 2.81. The van der Waals surface area contributed by atoms with Gasteiger partial charge in [-0.05, 0) is 71.3 Å². The Labute approximate surface area is 176 Å². The molecule has 0 saturated carbocycles. The molecule has 4 nitrogen and oxygen atoms in total. The van der Waals surface area contributed by atoms with Crippen molar-refractivity contribution < 1.29 is 27.3 Å². The molecule has 1 heterocycles. The van der Waals surface area contributed by atoms with E-state index in [1.54, 1.807) is 19.1 Å². The molecule has 1 amide bonds. The molecule has 1 aliphatic rings. The Hall–Kier alpha value is -2.32. The second-order valence-corrected chi connectivity index (χ2v) is 8.29. The molecule has 1 aromatic rings. The zero-order valence-electron chi connectivity index (χ0n) is 18.1. The number of halogens is 3. The summed E-state index contributed by atoms with van der Waals surface area (Å²) in [6.45, 7) is 15.0. The molecule has 2 rings (SSSR count). The summed E-state index contributed by atoms with van der Waals surface area (Å²) in [7, 11) is -0.673. The molecular weight excluding hydrogens is 394 g/mol. The van der Waals surface area contributed by atoms with E-state index < -0.39 is 36.0 Å². The Kier molecular flexibility index (Phi) is 6.74. The summed E-state index contributed by atoms with van der Waals surface area (Å²) < 4.78 is 50.9. The van der Waals surface area contributed by atoms with E-state index in [0.29, 0.717) is 11.2 Å². The average Bonchev–Trinajstić information content (AvgIpc) is 2.85. The number of allylic oxidation sites excluding steroid dienone is 5. The van der Waals surface area contributed by atoms with E-state index in [2.05, 4.69) is 11.9 Å². The van der Waals surface area contributed by atoms with E-state index in [9.17, 15) is 18.0 Å². The molecule has 0 aliphatic carbocycles. The Morgan fingerprint density at radius 3 is 2.20 bits per heavy atom. The fourth-order valence-electron chi connectivity index (χ4n) is 2.81. The minimum Gasteiger partial charge on any atom is -0.399 e. The highest BCUT2D eigenvalue weighted by Gasteiger charge is 2.52. The minimum atomic E-state index is -4.52. The largest absolute Gasteiger partial charge is 0.495 e. The molecule has 0 spiro atoms. The van der Waals surface area contributed by atoms with Crippen LogP contribution in [0.25, 0.3) is 0 Å². The lowest BCUT2D eigenvalue weighted by Gasteiger charge is -2.32. The van der Waals surface area contributed by atoms with Crippen LogP contribution in [0.2, 0.25) is 0 Å². The predicted octanol–water partition coefficient (Wildman–Crippen LogP) is 5.47. The molecule has 0 unspecified atom stereocenters. The average molecular weight is 421 g/mol. The zero-order valence-corrected chi connectivity index (χ0v) is 18.1. The maximum absolute atomic E-state index is 12.9. The van der Waals surface area contributed by atoms with Crippen LogP contribution in [-0.2, 0) is 15.5 Å². The van der Waals surface area contributed by atoms with Crippen molar-refractivity contribution in [2.75, 3.05) is 0 Å². The highest BCUT2D eigenvalue weighted by molar-refractivity contribution is 6.56. The van der Waals surface area contributed by atoms with E-state index in [4.69, 9.17) is 9.31 Å². The molecule has 0 radical (unpaired) electrons. The maximum Gasteiger partial charge on any atom is 0.495 e. The molecular formula is C22H27BF3NO3. The molecule has 1 fully saturated rings. The molecule has 30 heavy (non-hydrogen) atoms. The first-order valence-electron chi connectivity index (χ1n) is 9.54. The van der Waals surface area contributed by atoms with Gasteiger partial charge in [-0.2, -0.15) is 13.2 Å². The topological polar surface area (TPSA) is 47.6 Å². The monoisotopic (exact) mass is 421 g/mol. The van der Waals surface area contributed by atoms with Gasteiger partial charge < -0.3 is 14.6 Å². The van der Waals surface area contributed by atoms with Gasteiger partial charge in [0, 0.05) is 11.3 Å². The number of hydrogen-bond donors (Lipinski definition) is 1. The van der Waals surface area contributed by atoms with Gasteiger partial charge >= 0.3 is 13.3 Å². The Bertz CT molecular complexity index is 885. The van der Waals surface area contributed by atoms with Crippen LogP contribution in [0.1, 0.15) is 57.5 Å². The summed E-state index contributed by atoms with van der Waals surface area (Å²) in [4.78, 5) is 12.5. The van der Waals surface area contributed by atoms with Gasteiger partial charge in [-0.1, -0.05) is 24.3 Å². The number of rotatable bonds is 5. The molecule has 1 saturated heterocycles. The predicted molar refractivity (Wildman–Crippen MR) is 112 cm³/mol. The first-order valence-corrected chi connectivity index (χ1v) is 9.54. The second kappa shape index (κ2) is 8.43. The Morgan fingerprint density at radius 2 is 1.70 bits per heavy atom. The van der Waals surface area contributed by atoms with E-state index in [-0.39, 0.29) is 5.56 Å². The van der Waals surface area contributed by atoms with Crippen molar-refractivity contribution in [3.8, 4) is 0 Å². The summed E-state index contributed by atoms with van der Waals surface area (Å²) >= 11 is 0. The van der Waals surface area contributed by atoms with E-state index in [1.165, 1.54) is 12.1 Å². The maximum atomic E-state index is 12.9. The van der Waals surface area contributed by atoms with Crippen LogP contribution in [0, 0.1) is 0 Å². The fraction of sp³-hybridized carbons (Fsp3) is 0.409.